The SMILES string of the molecule is Cc1nnc(SCc2ccnc(Cl)c2)s1. The minimum atomic E-state index is 0.529. The van der Waals surface area contributed by atoms with Crippen LogP contribution in [-0.4, -0.2) is 15.2 Å². The van der Waals surface area contributed by atoms with Gasteiger partial charge in [-0.15, -0.1) is 10.2 Å². The molecule has 2 aromatic heterocycles. The maximum absolute atomic E-state index is 5.78. The topological polar surface area (TPSA) is 38.7 Å². The van der Waals surface area contributed by atoms with Crippen molar-refractivity contribution < 1.29 is 0 Å². The van der Waals surface area contributed by atoms with E-state index in [-0.39, 0.29) is 0 Å². The lowest BCUT2D eigenvalue weighted by molar-refractivity contribution is 0.983. The van der Waals surface area contributed by atoms with E-state index in [4.69, 9.17) is 11.6 Å². The predicted octanol–water partition coefficient (Wildman–Crippen LogP) is 3.19. The smallest absolute Gasteiger partial charge is 0.174 e. The molecule has 15 heavy (non-hydrogen) atoms. The van der Waals surface area contributed by atoms with Gasteiger partial charge in [0.25, 0.3) is 0 Å². The van der Waals surface area contributed by atoms with Crippen molar-refractivity contribution in [2.75, 3.05) is 0 Å². The molecule has 0 saturated carbocycles. The summed E-state index contributed by atoms with van der Waals surface area (Å²) in [6.45, 7) is 1.95. The Hall–Kier alpha value is -0.650. The monoisotopic (exact) mass is 257 g/mol. The molecule has 2 heterocycles. The van der Waals surface area contributed by atoms with Gasteiger partial charge >= 0.3 is 0 Å². The van der Waals surface area contributed by atoms with Crippen LogP contribution in [0.4, 0.5) is 0 Å². The van der Waals surface area contributed by atoms with E-state index in [9.17, 15) is 0 Å². The van der Waals surface area contributed by atoms with Crippen LogP contribution in [0.15, 0.2) is 22.7 Å². The van der Waals surface area contributed by atoms with E-state index in [0.29, 0.717) is 5.15 Å². The first-order valence-electron chi connectivity index (χ1n) is 4.27. The fourth-order valence-electron chi connectivity index (χ4n) is 1.01. The number of aryl methyl sites for hydroxylation is 1. The van der Waals surface area contributed by atoms with E-state index in [1.165, 1.54) is 0 Å². The van der Waals surface area contributed by atoms with E-state index in [0.717, 1.165) is 20.7 Å². The minimum absolute atomic E-state index is 0.529. The Morgan fingerprint density at radius 2 is 2.33 bits per heavy atom. The molecule has 2 aromatic rings. The lowest BCUT2D eigenvalue weighted by atomic mass is 10.3. The summed E-state index contributed by atoms with van der Waals surface area (Å²) in [5, 5.41) is 9.51. The van der Waals surface area contributed by atoms with Crippen LogP contribution in [0.5, 0.6) is 0 Å². The van der Waals surface area contributed by atoms with Crippen molar-refractivity contribution in [1.29, 1.82) is 0 Å². The van der Waals surface area contributed by atoms with E-state index in [2.05, 4.69) is 15.2 Å². The molecule has 78 valence electrons. The highest BCUT2D eigenvalue weighted by atomic mass is 35.5. The molecule has 0 aromatic carbocycles. The van der Waals surface area contributed by atoms with Crippen LogP contribution in [0.1, 0.15) is 10.6 Å². The molecule has 0 aliphatic carbocycles. The average molecular weight is 258 g/mol. The highest BCUT2D eigenvalue weighted by molar-refractivity contribution is 8.00. The maximum Gasteiger partial charge on any atom is 0.174 e. The van der Waals surface area contributed by atoms with E-state index < -0.39 is 0 Å². The normalized spacial score (nSPS) is 10.5. The number of halogens is 1. The molecule has 6 heteroatoms. The van der Waals surface area contributed by atoms with Gasteiger partial charge in [-0.05, 0) is 24.6 Å². The molecular formula is C9H8ClN3S2. The Balaban J connectivity index is 1.99. The lowest BCUT2D eigenvalue weighted by Crippen LogP contribution is -1.82. The van der Waals surface area contributed by atoms with Gasteiger partial charge in [0, 0.05) is 11.9 Å². The molecule has 0 saturated heterocycles. The third-order valence-electron chi connectivity index (χ3n) is 1.66. The molecule has 3 nitrogen and oxygen atoms in total. The first-order valence-corrected chi connectivity index (χ1v) is 6.45. The van der Waals surface area contributed by atoms with Crippen molar-refractivity contribution in [3.8, 4) is 0 Å². The second kappa shape index (κ2) is 4.92. The Bertz CT molecular complexity index is 458. The summed E-state index contributed by atoms with van der Waals surface area (Å²) >= 11 is 9.05. The van der Waals surface area contributed by atoms with Gasteiger partial charge in [-0.1, -0.05) is 34.7 Å². The van der Waals surface area contributed by atoms with Crippen molar-refractivity contribution in [2.24, 2.45) is 0 Å². The summed E-state index contributed by atoms with van der Waals surface area (Å²) in [4.78, 5) is 3.93. The highest BCUT2D eigenvalue weighted by Gasteiger charge is 2.02. The Labute approximate surface area is 101 Å². The van der Waals surface area contributed by atoms with Gasteiger partial charge in [0.15, 0.2) is 4.34 Å². The molecule has 0 bridgehead atoms. The fourth-order valence-corrected chi connectivity index (χ4v) is 2.97. The minimum Gasteiger partial charge on any atom is -0.245 e. The van der Waals surface area contributed by atoms with Crippen LogP contribution >= 0.6 is 34.7 Å². The number of hydrogen-bond donors (Lipinski definition) is 0. The average Bonchev–Trinajstić information content (AvgIpc) is 2.62. The van der Waals surface area contributed by atoms with Gasteiger partial charge in [-0.25, -0.2) is 4.98 Å². The van der Waals surface area contributed by atoms with Gasteiger partial charge < -0.3 is 0 Å². The van der Waals surface area contributed by atoms with Gasteiger partial charge in [0.1, 0.15) is 10.2 Å². The summed E-state index contributed by atoms with van der Waals surface area (Å²) in [6, 6.07) is 3.81. The van der Waals surface area contributed by atoms with Crippen molar-refractivity contribution in [3.63, 3.8) is 0 Å². The second-order valence-electron chi connectivity index (χ2n) is 2.86. The highest BCUT2D eigenvalue weighted by Crippen LogP contribution is 2.25. The third-order valence-corrected chi connectivity index (χ3v) is 3.91. The summed E-state index contributed by atoms with van der Waals surface area (Å²) in [5.74, 6) is 0.844. The van der Waals surface area contributed by atoms with Gasteiger partial charge in [-0.3, -0.25) is 0 Å². The summed E-state index contributed by atoms with van der Waals surface area (Å²) < 4.78 is 0.987. The number of hydrogen-bond acceptors (Lipinski definition) is 5. The van der Waals surface area contributed by atoms with Gasteiger partial charge in [0.2, 0.25) is 0 Å². The Morgan fingerprint density at radius 1 is 1.47 bits per heavy atom. The molecule has 0 aliphatic rings. The Morgan fingerprint density at radius 3 is 3.00 bits per heavy atom. The van der Waals surface area contributed by atoms with Crippen molar-refractivity contribution in [3.05, 3.63) is 34.1 Å². The molecule has 0 atom stereocenters. The van der Waals surface area contributed by atoms with E-state index in [1.807, 2.05) is 19.1 Å². The first kappa shape index (κ1) is 10.9. The Kier molecular flexibility index (Phi) is 3.56. The number of aromatic nitrogens is 3. The molecule has 2 rings (SSSR count). The molecule has 0 spiro atoms. The van der Waals surface area contributed by atoms with Crippen LogP contribution < -0.4 is 0 Å². The van der Waals surface area contributed by atoms with Crippen molar-refractivity contribution in [2.45, 2.75) is 17.0 Å². The second-order valence-corrected chi connectivity index (χ2v) is 5.65. The molecule has 0 radical (unpaired) electrons. The lowest BCUT2D eigenvalue weighted by Gasteiger charge is -1.97. The van der Waals surface area contributed by atoms with Crippen molar-refractivity contribution in [1.82, 2.24) is 15.2 Å². The molecule has 0 amide bonds. The first-order chi connectivity index (χ1) is 7.24. The largest absolute Gasteiger partial charge is 0.245 e. The zero-order chi connectivity index (χ0) is 10.7. The number of pyridine rings is 1. The zero-order valence-corrected chi connectivity index (χ0v) is 10.4. The van der Waals surface area contributed by atoms with Crippen LogP contribution in [-0.2, 0) is 5.75 Å². The zero-order valence-electron chi connectivity index (χ0n) is 7.98. The number of nitrogens with zero attached hydrogens (tertiary/aromatic N) is 3. The molecule has 0 fully saturated rings. The van der Waals surface area contributed by atoms with Gasteiger partial charge in [0.05, 0.1) is 0 Å². The maximum atomic E-state index is 5.78. The standard InChI is InChI=1S/C9H8ClN3S2/c1-6-12-13-9(15-6)14-5-7-2-3-11-8(10)4-7/h2-4H,5H2,1H3. The van der Waals surface area contributed by atoms with Crippen molar-refractivity contribution >= 4 is 34.7 Å². The fraction of sp³-hybridized carbons (Fsp3) is 0.222. The summed E-state index contributed by atoms with van der Waals surface area (Å²) in [7, 11) is 0. The predicted molar refractivity (Wildman–Crippen MR) is 63.5 cm³/mol. The molecule has 0 unspecified atom stereocenters. The molecule has 0 aliphatic heterocycles. The van der Waals surface area contributed by atoms with Crippen LogP contribution in [0.2, 0.25) is 5.15 Å². The summed E-state index contributed by atoms with van der Waals surface area (Å²) in [6.07, 6.45) is 1.71. The van der Waals surface area contributed by atoms with E-state index >= 15 is 0 Å². The van der Waals surface area contributed by atoms with Crippen LogP contribution in [0.3, 0.4) is 0 Å². The third kappa shape index (κ3) is 3.15. The molecule has 0 N–H and O–H groups in total. The van der Waals surface area contributed by atoms with Crippen LogP contribution in [0.25, 0.3) is 0 Å². The number of thioether (sulfide) groups is 1. The number of rotatable bonds is 3. The molecular weight excluding hydrogens is 250 g/mol. The van der Waals surface area contributed by atoms with E-state index in [1.54, 1.807) is 29.3 Å². The quantitative estimate of drug-likeness (QED) is 0.625. The van der Waals surface area contributed by atoms with Crippen LogP contribution in [0, 0.1) is 6.92 Å². The summed E-state index contributed by atoms with van der Waals surface area (Å²) in [5.41, 5.74) is 1.15. The van der Waals surface area contributed by atoms with Gasteiger partial charge in [-0.2, -0.15) is 0 Å².